The summed E-state index contributed by atoms with van der Waals surface area (Å²) in [6.45, 7) is 5.91. The monoisotopic (exact) mass is 164 g/mol. The second kappa shape index (κ2) is 4.78. The molecule has 0 radical (unpaired) electrons. The quantitative estimate of drug-likeness (QED) is 0.630. The Balaban J connectivity index is 0.000000561. The maximum atomic E-state index is 8.58. The first-order valence-electron chi connectivity index (χ1n) is 4.52. The first kappa shape index (κ1) is 11.0. The Kier molecular flexibility index (Phi) is 4.37. The van der Waals surface area contributed by atoms with Gasteiger partial charge in [-0.25, -0.2) is 0 Å². The zero-order valence-electron chi connectivity index (χ0n) is 8.09. The van der Waals surface area contributed by atoms with E-state index in [1.54, 1.807) is 0 Å². The average Bonchev–Trinajstić information content (AvgIpc) is 2.89. The zero-order chi connectivity index (χ0) is 9.61. The lowest BCUT2D eigenvalue weighted by atomic mass is 9.89. The Morgan fingerprint density at radius 3 is 2.08 bits per heavy atom. The molecule has 0 aromatic rings. The molecule has 0 N–H and O–H groups in total. The predicted octanol–water partition coefficient (Wildman–Crippen LogP) is 2.87. The molecule has 1 saturated carbocycles. The van der Waals surface area contributed by atoms with E-state index in [4.69, 9.17) is 10.5 Å². The molecule has 2 nitrogen and oxygen atoms in total. The van der Waals surface area contributed by atoms with Crippen LogP contribution in [0.15, 0.2) is 0 Å². The minimum atomic E-state index is 0.0622. The molecule has 1 aliphatic rings. The molecule has 0 amide bonds. The molecule has 2 heteroatoms. The SMILES string of the molecule is CC.CC(C#N)C1(CC#N)CC1. The van der Waals surface area contributed by atoms with Crippen molar-refractivity contribution in [2.24, 2.45) is 11.3 Å². The first-order chi connectivity index (χ1) is 5.75. The number of rotatable bonds is 2. The maximum absolute atomic E-state index is 8.58. The van der Waals surface area contributed by atoms with Crippen LogP contribution in [0, 0.1) is 34.0 Å². The van der Waals surface area contributed by atoms with E-state index in [1.807, 2.05) is 20.8 Å². The Morgan fingerprint density at radius 2 is 1.83 bits per heavy atom. The highest BCUT2D eigenvalue weighted by atomic mass is 14.5. The van der Waals surface area contributed by atoms with Crippen LogP contribution >= 0.6 is 0 Å². The van der Waals surface area contributed by atoms with Crippen LogP contribution in [0.25, 0.3) is 0 Å². The van der Waals surface area contributed by atoms with Crippen molar-refractivity contribution >= 4 is 0 Å². The highest BCUT2D eigenvalue weighted by Crippen LogP contribution is 2.54. The van der Waals surface area contributed by atoms with Gasteiger partial charge in [0.15, 0.2) is 0 Å². The molecule has 1 aliphatic carbocycles. The van der Waals surface area contributed by atoms with Crippen molar-refractivity contribution in [1.29, 1.82) is 10.5 Å². The Labute approximate surface area is 74.8 Å². The highest BCUT2D eigenvalue weighted by molar-refractivity contribution is 5.08. The second-order valence-electron chi connectivity index (χ2n) is 3.05. The van der Waals surface area contributed by atoms with Crippen LogP contribution in [0.1, 0.15) is 40.0 Å². The smallest absolute Gasteiger partial charge is 0.0659 e. The van der Waals surface area contributed by atoms with E-state index in [0.29, 0.717) is 6.42 Å². The molecular formula is C10H16N2. The van der Waals surface area contributed by atoms with Gasteiger partial charge in [0, 0.05) is 6.42 Å². The van der Waals surface area contributed by atoms with Crippen LogP contribution in [0.4, 0.5) is 0 Å². The van der Waals surface area contributed by atoms with Crippen LogP contribution in [0.2, 0.25) is 0 Å². The van der Waals surface area contributed by atoms with Crippen LogP contribution in [-0.4, -0.2) is 0 Å². The van der Waals surface area contributed by atoms with E-state index in [2.05, 4.69) is 12.1 Å². The predicted molar refractivity (Wildman–Crippen MR) is 48.0 cm³/mol. The molecule has 0 aliphatic heterocycles. The molecule has 1 atom stereocenters. The van der Waals surface area contributed by atoms with Gasteiger partial charge in [0.2, 0.25) is 0 Å². The average molecular weight is 164 g/mol. The maximum Gasteiger partial charge on any atom is 0.0659 e. The van der Waals surface area contributed by atoms with Crippen molar-refractivity contribution in [2.75, 3.05) is 0 Å². The number of nitriles is 2. The molecule has 1 unspecified atom stereocenters. The fourth-order valence-electron chi connectivity index (χ4n) is 1.22. The third kappa shape index (κ3) is 2.24. The summed E-state index contributed by atoms with van der Waals surface area (Å²) in [5, 5.41) is 17.0. The van der Waals surface area contributed by atoms with Gasteiger partial charge in [-0.1, -0.05) is 13.8 Å². The summed E-state index contributed by atoms with van der Waals surface area (Å²) in [4.78, 5) is 0. The first-order valence-corrected chi connectivity index (χ1v) is 4.52. The molecule has 0 aromatic heterocycles. The van der Waals surface area contributed by atoms with Crippen LogP contribution < -0.4 is 0 Å². The van der Waals surface area contributed by atoms with Crippen molar-refractivity contribution in [2.45, 2.75) is 40.0 Å². The summed E-state index contributed by atoms with van der Waals surface area (Å²) in [6.07, 6.45) is 2.69. The summed E-state index contributed by atoms with van der Waals surface area (Å²) in [7, 11) is 0. The van der Waals surface area contributed by atoms with E-state index >= 15 is 0 Å². The van der Waals surface area contributed by atoms with Gasteiger partial charge in [0.25, 0.3) is 0 Å². The minimum absolute atomic E-state index is 0.0622. The molecule has 12 heavy (non-hydrogen) atoms. The molecule has 1 rings (SSSR count). The molecule has 0 heterocycles. The van der Waals surface area contributed by atoms with Crippen LogP contribution in [0.5, 0.6) is 0 Å². The number of nitrogens with zero attached hydrogens (tertiary/aromatic N) is 2. The van der Waals surface area contributed by atoms with Crippen molar-refractivity contribution < 1.29 is 0 Å². The standard InChI is InChI=1S/C8H10N2.C2H6/c1-7(6-10)8(2-3-8)4-5-9;1-2/h7H,2-4H2,1H3;1-2H3. The lowest BCUT2D eigenvalue weighted by molar-refractivity contribution is 0.414. The molecule has 66 valence electrons. The minimum Gasteiger partial charge on any atom is -0.198 e. The summed E-state index contributed by atoms with van der Waals surface area (Å²) in [5.74, 6) is 0.0622. The summed E-state index contributed by atoms with van der Waals surface area (Å²) < 4.78 is 0. The molecule has 0 bridgehead atoms. The van der Waals surface area contributed by atoms with Gasteiger partial charge in [-0.3, -0.25) is 0 Å². The summed E-state index contributed by atoms with van der Waals surface area (Å²) in [6, 6.07) is 4.34. The lowest BCUT2D eigenvalue weighted by Gasteiger charge is -2.11. The van der Waals surface area contributed by atoms with Crippen LogP contribution in [-0.2, 0) is 0 Å². The topological polar surface area (TPSA) is 47.6 Å². The second-order valence-corrected chi connectivity index (χ2v) is 3.05. The normalized spacial score (nSPS) is 19.1. The summed E-state index contributed by atoms with van der Waals surface area (Å²) in [5.41, 5.74) is 0.0868. The Morgan fingerprint density at radius 1 is 1.33 bits per heavy atom. The van der Waals surface area contributed by atoms with Gasteiger partial charge in [-0.05, 0) is 25.2 Å². The fourth-order valence-corrected chi connectivity index (χ4v) is 1.22. The number of hydrogen-bond acceptors (Lipinski definition) is 2. The van der Waals surface area contributed by atoms with Crippen molar-refractivity contribution in [1.82, 2.24) is 0 Å². The Bertz CT molecular complexity index is 203. The third-order valence-corrected chi connectivity index (χ3v) is 2.44. The molecular weight excluding hydrogens is 148 g/mol. The highest BCUT2D eigenvalue weighted by Gasteiger charge is 2.47. The van der Waals surface area contributed by atoms with Gasteiger partial charge >= 0.3 is 0 Å². The van der Waals surface area contributed by atoms with Gasteiger partial charge in [0.1, 0.15) is 0 Å². The molecule has 0 spiro atoms. The van der Waals surface area contributed by atoms with Gasteiger partial charge < -0.3 is 0 Å². The van der Waals surface area contributed by atoms with E-state index in [9.17, 15) is 0 Å². The third-order valence-electron chi connectivity index (χ3n) is 2.44. The van der Waals surface area contributed by atoms with E-state index in [-0.39, 0.29) is 11.3 Å². The van der Waals surface area contributed by atoms with Gasteiger partial charge in [-0.2, -0.15) is 10.5 Å². The Hall–Kier alpha value is -1.02. The van der Waals surface area contributed by atoms with Crippen molar-refractivity contribution in [3.8, 4) is 12.1 Å². The fraction of sp³-hybridized carbons (Fsp3) is 0.800. The van der Waals surface area contributed by atoms with E-state index in [1.165, 1.54) is 0 Å². The van der Waals surface area contributed by atoms with E-state index in [0.717, 1.165) is 12.8 Å². The van der Waals surface area contributed by atoms with Crippen LogP contribution in [0.3, 0.4) is 0 Å². The number of hydrogen-bond donors (Lipinski definition) is 0. The largest absolute Gasteiger partial charge is 0.198 e. The van der Waals surface area contributed by atoms with Gasteiger partial charge in [0.05, 0.1) is 18.1 Å². The van der Waals surface area contributed by atoms with Gasteiger partial charge in [-0.15, -0.1) is 0 Å². The molecule has 1 fully saturated rings. The molecule has 0 aromatic carbocycles. The lowest BCUT2D eigenvalue weighted by Crippen LogP contribution is -2.09. The zero-order valence-corrected chi connectivity index (χ0v) is 8.09. The van der Waals surface area contributed by atoms with Crippen molar-refractivity contribution in [3.05, 3.63) is 0 Å². The molecule has 0 saturated heterocycles. The summed E-state index contributed by atoms with van der Waals surface area (Å²) >= 11 is 0. The van der Waals surface area contributed by atoms with Crippen molar-refractivity contribution in [3.63, 3.8) is 0 Å². The van der Waals surface area contributed by atoms with E-state index < -0.39 is 0 Å².